The van der Waals surface area contributed by atoms with E-state index in [0.29, 0.717) is 3.94 Å². The first-order valence-corrected chi connectivity index (χ1v) is 2.89. The van der Waals surface area contributed by atoms with E-state index < -0.39 is 0 Å². The first-order chi connectivity index (χ1) is 3.55. The summed E-state index contributed by atoms with van der Waals surface area (Å²) in [4.78, 5) is 10.5. The van der Waals surface area contributed by atoms with Crippen LogP contribution in [0.1, 0.15) is 13.8 Å². The van der Waals surface area contributed by atoms with Crippen LogP contribution in [0.3, 0.4) is 0 Å². The Morgan fingerprint density at radius 2 is 1.88 bits per heavy atom. The molecule has 4 heteroatoms. The van der Waals surface area contributed by atoms with Crippen molar-refractivity contribution in [3.8, 4) is 0 Å². The molecule has 0 heterocycles. The predicted octanol–water partition coefficient (Wildman–Crippen LogP) is 1.78. The summed E-state index contributed by atoms with van der Waals surface area (Å²) < 4.78 is 0.546. The van der Waals surface area contributed by atoms with E-state index in [4.69, 9.17) is 23.6 Å². The lowest BCUT2D eigenvalue weighted by molar-refractivity contribution is -0.126. The summed E-state index contributed by atoms with van der Waals surface area (Å²) in [7, 11) is 0. The molecule has 0 aromatic carbocycles. The Bertz CT molecular complexity index is 82.0. The number of hydrogen-bond donors (Lipinski definition) is 0. The van der Waals surface area contributed by atoms with Gasteiger partial charge >= 0.3 is 0 Å². The number of carbonyl (C=O) groups is 1. The van der Waals surface area contributed by atoms with Gasteiger partial charge in [-0.15, -0.1) is 0 Å². The van der Waals surface area contributed by atoms with Crippen LogP contribution in [0.5, 0.6) is 0 Å². The fraction of sp³-hybridized carbons (Fsp3) is 0.750. The fourth-order valence-corrected chi connectivity index (χ4v) is 0.586. The second kappa shape index (κ2) is 3.15. The van der Waals surface area contributed by atoms with Crippen LogP contribution in [0.2, 0.25) is 0 Å². The third-order valence-corrected chi connectivity index (χ3v) is 0.994. The molecule has 0 atom stereocenters. The molecule has 0 spiro atoms. The first-order valence-electron chi connectivity index (χ1n) is 2.21. The maximum atomic E-state index is 10.5. The topological polar surface area (TPSA) is 20.3 Å². The summed E-state index contributed by atoms with van der Waals surface area (Å²) in [5.41, 5.74) is 0. The molecule has 0 fully saturated rings. The summed E-state index contributed by atoms with van der Waals surface area (Å²) >= 11 is 10.1. The molecular weight excluding hydrogens is 149 g/mol. The molecule has 0 aliphatic heterocycles. The van der Waals surface area contributed by atoms with Crippen molar-refractivity contribution in [2.45, 2.75) is 13.8 Å². The van der Waals surface area contributed by atoms with Crippen molar-refractivity contribution in [1.29, 1.82) is 0 Å². The highest BCUT2D eigenvalue weighted by Crippen LogP contribution is 2.06. The Hall–Kier alpha value is 0.0500. The molecule has 0 radical (unpaired) electrons. The molecule has 0 saturated heterocycles. The van der Waals surface area contributed by atoms with Crippen molar-refractivity contribution in [1.82, 2.24) is 3.94 Å². The zero-order valence-electron chi connectivity index (χ0n) is 4.69. The molecular formula is C4H7Cl2NO. The van der Waals surface area contributed by atoms with Gasteiger partial charge in [0.1, 0.15) is 0 Å². The average Bonchev–Trinajstić information content (AvgIpc) is 1.64. The van der Waals surface area contributed by atoms with Gasteiger partial charge in [0.15, 0.2) is 0 Å². The minimum absolute atomic E-state index is 0.134. The number of rotatable bonds is 1. The first kappa shape index (κ1) is 8.05. The van der Waals surface area contributed by atoms with Crippen molar-refractivity contribution < 1.29 is 4.79 Å². The number of halogens is 2. The lowest BCUT2D eigenvalue weighted by Crippen LogP contribution is -2.17. The number of nitrogens with zero attached hydrogens (tertiary/aromatic N) is 1. The molecule has 8 heavy (non-hydrogen) atoms. The Labute approximate surface area is 58.6 Å². The van der Waals surface area contributed by atoms with E-state index in [9.17, 15) is 4.79 Å². The van der Waals surface area contributed by atoms with Gasteiger partial charge in [-0.2, -0.15) is 3.94 Å². The van der Waals surface area contributed by atoms with Crippen LogP contribution in [0, 0.1) is 5.92 Å². The predicted molar refractivity (Wildman–Crippen MR) is 33.4 cm³/mol. The van der Waals surface area contributed by atoms with Gasteiger partial charge in [0.25, 0.3) is 5.91 Å². The van der Waals surface area contributed by atoms with Crippen LogP contribution in [0.25, 0.3) is 0 Å². The third-order valence-electron chi connectivity index (χ3n) is 0.660. The molecule has 0 aromatic heterocycles. The Morgan fingerprint density at radius 1 is 1.50 bits per heavy atom. The molecule has 1 amide bonds. The lowest BCUT2D eigenvalue weighted by atomic mass is 10.2. The lowest BCUT2D eigenvalue weighted by Gasteiger charge is -2.04. The molecule has 48 valence electrons. The van der Waals surface area contributed by atoms with Crippen molar-refractivity contribution in [2.75, 3.05) is 0 Å². The van der Waals surface area contributed by atoms with Gasteiger partial charge in [-0.3, -0.25) is 4.79 Å². The van der Waals surface area contributed by atoms with Crippen molar-refractivity contribution >= 4 is 29.5 Å². The van der Waals surface area contributed by atoms with Crippen molar-refractivity contribution in [3.05, 3.63) is 0 Å². The number of hydrogen-bond acceptors (Lipinski definition) is 1. The van der Waals surface area contributed by atoms with E-state index in [2.05, 4.69) is 0 Å². The van der Waals surface area contributed by atoms with Gasteiger partial charge in [-0.05, 0) is 0 Å². The molecule has 2 nitrogen and oxygen atoms in total. The van der Waals surface area contributed by atoms with Gasteiger partial charge in [0.05, 0.1) is 0 Å². The van der Waals surface area contributed by atoms with Crippen LogP contribution in [-0.2, 0) is 4.79 Å². The highest BCUT2D eigenvalue weighted by molar-refractivity contribution is 6.41. The summed E-state index contributed by atoms with van der Waals surface area (Å²) in [6.07, 6.45) is 0. The third kappa shape index (κ3) is 2.38. The second-order valence-electron chi connectivity index (χ2n) is 1.73. The molecule has 0 N–H and O–H groups in total. The Morgan fingerprint density at radius 3 is 1.88 bits per heavy atom. The largest absolute Gasteiger partial charge is 0.272 e. The minimum atomic E-state index is -0.284. The van der Waals surface area contributed by atoms with Crippen molar-refractivity contribution in [2.24, 2.45) is 5.92 Å². The average molecular weight is 156 g/mol. The molecule has 0 saturated carbocycles. The Kier molecular flexibility index (Phi) is 3.17. The maximum Gasteiger partial charge on any atom is 0.254 e. The van der Waals surface area contributed by atoms with Gasteiger partial charge in [-0.1, -0.05) is 13.8 Å². The summed E-state index contributed by atoms with van der Waals surface area (Å²) in [5.74, 6) is -0.418. The number of amides is 1. The fourth-order valence-electron chi connectivity index (χ4n) is 0.195. The minimum Gasteiger partial charge on any atom is -0.272 e. The molecule has 0 rings (SSSR count). The quantitative estimate of drug-likeness (QED) is 0.530. The highest BCUT2D eigenvalue weighted by Gasteiger charge is 2.11. The zero-order chi connectivity index (χ0) is 6.73. The monoisotopic (exact) mass is 155 g/mol. The van der Waals surface area contributed by atoms with Crippen LogP contribution in [0.4, 0.5) is 0 Å². The normalized spacial score (nSPS) is 9.62. The van der Waals surface area contributed by atoms with E-state index in [1.165, 1.54) is 0 Å². The number of carbonyl (C=O) groups excluding carboxylic acids is 1. The van der Waals surface area contributed by atoms with E-state index in [0.717, 1.165) is 0 Å². The summed E-state index contributed by atoms with van der Waals surface area (Å²) in [6, 6.07) is 0. The van der Waals surface area contributed by atoms with Gasteiger partial charge in [0.2, 0.25) is 0 Å². The van der Waals surface area contributed by atoms with E-state index in [1.54, 1.807) is 13.8 Å². The zero-order valence-corrected chi connectivity index (χ0v) is 6.20. The standard InChI is InChI=1S/C4H7Cl2NO/c1-3(2)4(8)7(5)6/h3H,1-2H3. The SMILES string of the molecule is CC(C)C(=O)N(Cl)Cl. The highest BCUT2D eigenvalue weighted by atomic mass is 35.5. The van der Waals surface area contributed by atoms with Gasteiger partial charge in [0, 0.05) is 29.5 Å². The molecule has 0 aliphatic carbocycles. The molecule has 0 unspecified atom stereocenters. The summed E-state index contributed by atoms with van der Waals surface area (Å²) in [6.45, 7) is 3.44. The molecule has 0 aliphatic rings. The maximum absolute atomic E-state index is 10.5. The van der Waals surface area contributed by atoms with Gasteiger partial charge in [-0.25, -0.2) is 0 Å². The molecule has 0 aromatic rings. The van der Waals surface area contributed by atoms with Crippen LogP contribution >= 0.6 is 23.6 Å². The van der Waals surface area contributed by atoms with Crippen LogP contribution in [0.15, 0.2) is 0 Å². The summed E-state index contributed by atoms with van der Waals surface area (Å²) in [5, 5.41) is 0. The van der Waals surface area contributed by atoms with E-state index in [1.807, 2.05) is 0 Å². The molecule has 0 bridgehead atoms. The van der Waals surface area contributed by atoms with E-state index >= 15 is 0 Å². The van der Waals surface area contributed by atoms with Crippen LogP contribution in [-0.4, -0.2) is 9.85 Å². The van der Waals surface area contributed by atoms with Crippen LogP contribution < -0.4 is 0 Å². The smallest absolute Gasteiger partial charge is 0.254 e. The Balaban J connectivity index is 3.65. The van der Waals surface area contributed by atoms with Gasteiger partial charge < -0.3 is 0 Å². The van der Waals surface area contributed by atoms with Crippen molar-refractivity contribution in [3.63, 3.8) is 0 Å². The van der Waals surface area contributed by atoms with E-state index in [-0.39, 0.29) is 11.8 Å². The second-order valence-corrected chi connectivity index (χ2v) is 2.58.